The van der Waals surface area contributed by atoms with E-state index in [9.17, 15) is 18.3 Å². The van der Waals surface area contributed by atoms with E-state index in [0.29, 0.717) is 25.9 Å². The van der Waals surface area contributed by atoms with E-state index in [0.717, 1.165) is 6.07 Å². The number of pyridine rings is 1. The van der Waals surface area contributed by atoms with Gasteiger partial charge in [-0.1, -0.05) is 20.3 Å². The van der Waals surface area contributed by atoms with Gasteiger partial charge in [-0.3, -0.25) is 0 Å². The molecule has 3 nitrogen and oxygen atoms in total. The van der Waals surface area contributed by atoms with Gasteiger partial charge in [-0.2, -0.15) is 13.2 Å². The van der Waals surface area contributed by atoms with Crippen LogP contribution < -0.4 is 4.90 Å². The number of anilines is 1. The fourth-order valence-corrected chi connectivity index (χ4v) is 2.07. The van der Waals surface area contributed by atoms with Gasteiger partial charge < -0.3 is 10.0 Å². The predicted molar refractivity (Wildman–Crippen MR) is 77.3 cm³/mol. The fraction of sp³-hybridized carbons (Fsp3) is 0.667. The SMILES string of the molecule is CC1(O)CCN(c2ncccc2C(F)(F)F)CC1.CCC. The number of hydrogen-bond acceptors (Lipinski definition) is 3. The summed E-state index contributed by atoms with van der Waals surface area (Å²) in [5.41, 5.74) is -1.50. The monoisotopic (exact) mass is 304 g/mol. The Kier molecular flexibility index (Phi) is 6.01. The van der Waals surface area contributed by atoms with Gasteiger partial charge in [0.05, 0.1) is 11.2 Å². The lowest BCUT2D eigenvalue weighted by Gasteiger charge is -2.37. The number of alkyl halides is 3. The molecule has 0 atom stereocenters. The van der Waals surface area contributed by atoms with Crippen LogP contribution in [-0.2, 0) is 6.18 Å². The number of nitrogens with zero attached hydrogens (tertiary/aromatic N) is 2. The molecule has 0 unspecified atom stereocenters. The van der Waals surface area contributed by atoms with Crippen LogP contribution >= 0.6 is 0 Å². The van der Waals surface area contributed by atoms with E-state index in [2.05, 4.69) is 18.8 Å². The van der Waals surface area contributed by atoms with Gasteiger partial charge >= 0.3 is 6.18 Å². The zero-order chi connectivity index (χ0) is 16.1. The van der Waals surface area contributed by atoms with Gasteiger partial charge in [-0.15, -0.1) is 0 Å². The van der Waals surface area contributed by atoms with Crippen LogP contribution in [0, 0.1) is 0 Å². The van der Waals surface area contributed by atoms with Crippen LogP contribution in [0.4, 0.5) is 19.0 Å². The van der Waals surface area contributed by atoms with E-state index in [4.69, 9.17) is 0 Å². The van der Waals surface area contributed by atoms with E-state index in [1.165, 1.54) is 18.7 Å². The first kappa shape index (κ1) is 17.8. The zero-order valence-electron chi connectivity index (χ0n) is 12.7. The summed E-state index contributed by atoms with van der Waals surface area (Å²) in [7, 11) is 0. The van der Waals surface area contributed by atoms with Crippen molar-refractivity contribution in [2.45, 2.75) is 51.8 Å². The Labute approximate surface area is 123 Å². The van der Waals surface area contributed by atoms with E-state index in [1.807, 2.05) is 0 Å². The standard InChI is InChI=1S/C12H15F3N2O.C3H8/c1-11(18)4-7-17(8-5-11)10-9(12(13,14)15)3-2-6-16-10;1-3-2/h2-3,6,18H,4-5,7-8H2,1H3;3H2,1-2H3. The molecule has 0 amide bonds. The van der Waals surface area contributed by atoms with Crippen molar-refractivity contribution in [3.63, 3.8) is 0 Å². The molecule has 2 rings (SSSR count). The van der Waals surface area contributed by atoms with Gasteiger partial charge in [0.15, 0.2) is 0 Å². The van der Waals surface area contributed by atoms with Crippen molar-refractivity contribution in [1.82, 2.24) is 4.98 Å². The maximum atomic E-state index is 12.8. The molecular formula is C15H23F3N2O. The lowest BCUT2D eigenvalue weighted by Crippen LogP contribution is -2.43. The Bertz CT molecular complexity index is 437. The Morgan fingerprint density at radius 1 is 1.29 bits per heavy atom. The summed E-state index contributed by atoms with van der Waals surface area (Å²) in [6.45, 7) is 6.72. The van der Waals surface area contributed by atoms with Gasteiger partial charge in [0.2, 0.25) is 0 Å². The lowest BCUT2D eigenvalue weighted by molar-refractivity contribution is -0.137. The van der Waals surface area contributed by atoms with Gasteiger partial charge in [-0.25, -0.2) is 4.98 Å². The minimum atomic E-state index is -4.40. The summed E-state index contributed by atoms with van der Waals surface area (Å²) in [6, 6.07) is 2.32. The zero-order valence-corrected chi connectivity index (χ0v) is 12.7. The molecule has 120 valence electrons. The van der Waals surface area contributed by atoms with Gasteiger partial charge in [0.25, 0.3) is 0 Å². The highest BCUT2D eigenvalue weighted by Gasteiger charge is 2.37. The van der Waals surface area contributed by atoms with Crippen molar-refractivity contribution in [2.75, 3.05) is 18.0 Å². The molecule has 0 aromatic carbocycles. The van der Waals surface area contributed by atoms with Gasteiger partial charge in [0, 0.05) is 19.3 Å². The molecule has 1 saturated heterocycles. The smallest absolute Gasteiger partial charge is 0.390 e. The van der Waals surface area contributed by atoms with Crippen molar-refractivity contribution in [2.24, 2.45) is 0 Å². The van der Waals surface area contributed by atoms with Crippen LogP contribution in [0.3, 0.4) is 0 Å². The maximum Gasteiger partial charge on any atom is 0.419 e. The molecule has 0 saturated carbocycles. The van der Waals surface area contributed by atoms with Crippen molar-refractivity contribution in [3.8, 4) is 0 Å². The highest BCUT2D eigenvalue weighted by Crippen LogP contribution is 2.36. The molecule has 1 aliphatic heterocycles. The van der Waals surface area contributed by atoms with Crippen molar-refractivity contribution >= 4 is 5.82 Å². The topological polar surface area (TPSA) is 36.4 Å². The maximum absolute atomic E-state index is 12.8. The molecule has 0 radical (unpaired) electrons. The summed E-state index contributed by atoms with van der Waals surface area (Å²) in [5.74, 6) is -0.0412. The summed E-state index contributed by atoms with van der Waals surface area (Å²) in [5, 5.41) is 9.80. The lowest BCUT2D eigenvalue weighted by atomic mass is 9.93. The third-order valence-electron chi connectivity index (χ3n) is 3.23. The number of aromatic nitrogens is 1. The van der Waals surface area contributed by atoms with Crippen LogP contribution in [0.15, 0.2) is 18.3 Å². The Morgan fingerprint density at radius 2 is 1.81 bits per heavy atom. The van der Waals surface area contributed by atoms with E-state index >= 15 is 0 Å². The first-order valence-electron chi connectivity index (χ1n) is 7.21. The van der Waals surface area contributed by atoms with Crippen LogP contribution in [0.25, 0.3) is 0 Å². The first-order chi connectivity index (χ1) is 9.71. The second-order valence-corrected chi connectivity index (χ2v) is 5.56. The molecule has 1 aliphatic rings. The number of halogens is 3. The third kappa shape index (κ3) is 5.19. The van der Waals surface area contributed by atoms with Gasteiger partial charge in [-0.05, 0) is 31.9 Å². The molecular weight excluding hydrogens is 281 g/mol. The molecule has 0 aliphatic carbocycles. The Balaban J connectivity index is 0.000000677. The summed E-state index contributed by atoms with van der Waals surface area (Å²) in [4.78, 5) is 5.42. The molecule has 6 heteroatoms. The average Bonchev–Trinajstić information content (AvgIpc) is 2.39. The minimum absolute atomic E-state index is 0.0412. The Morgan fingerprint density at radius 3 is 2.29 bits per heavy atom. The molecule has 0 spiro atoms. The van der Waals surface area contributed by atoms with E-state index < -0.39 is 17.3 Å². The number of piperidine rings is 1. The first-order valence-corrected chi connectivity index (χ1v) is 7.21. The largest absolute Gasteiger partial charge is 0.419 e. The van der Waals surface area contributed by atoms with Crippen molar-refractivity contribution in [1.29, 1.82) is 0 Å². The molecule has 1 aromatic rings. The number of aliphatic hydroxyl groups is 1. The quantitative estimate of drug-likeness (QED) is 0.855. The number of rotatable bonds is 1. The highest BCUT2D eigenvalue weighted by atomic mass is 19.4. The molecule has 2 heterocycles. The van der Waals surface area contributed by atoms with Crippen LogP contribution in [0.5, 0.6) is 0 Å². The minimum Gasteiger partial charge on any atom is -0.390 e. The van der Waals surface area contributed by atoms with Crippen LogP contribution in [0.1, 0.15) is 45.6 Å². The number of hydrogen-bond donors (Lipinski definition) is 1. The van der Waals surface area contributed by atoms with E-state index in [1.54, 1.807) is 11.8 Å². The highest BCUT2D eigenvalue weighted by molar-refractivity contribution is 5.48. The molecule has 1 aromatic heterocycles. The molecule has 1 fully saturated rings. The molecule has 1 N–H and O–H groups in total. The normalized spacial score (nSPS) is 18.0. The average molecular weight is 304 g/mol. The molecule has 21 heavy (non-hydrogen) atoms. The summed E-state index contributed by atoms with van der Waals surface area (Å²) >= 11 is 0. The Hall–Kier alpha value is -1.30. The van der Waals surface area contributed by atoms with Crippen LogP contribution in [0.2, 0.25) is 0 Å². The summed E-state index contributed by atoms with van der Waals surface area (Å²) in [6.07, 6.45) is -0.900. The van der Waals surface area contributed by atoms with Crippen molar-refractivity contribution < 1.29 is 18.3 Å². The second-order valence-electron chi connectivity index (χ2n) is 5.56. The predicted octanol–water partition coefficient (Wildman–Crippen LogP) is 3.87. The van der Waals surface area contributed by atoms with Crippen molar-refractivity contribution in [3.05, 3.63) is 23.9 Å². The second kappa shape index (κ2) is 7.11. The molecule has 0 bridgehead atoms. The van der Waals surface area contributed by atoms with E-state index in [-0.39, 0.29) is 5.82 Å². The summed E-state index contributed by atoms with van der Waals surface area (Å²) < 4.78 is 38.5. The third-order valence-corrected chi connectivity index (χ3v) is 3.23. The van der Waals surface area contributed by atoms with Gasteiger partial charge in [0.1, 0.15) is 5.82 Å². The van der Waals surface area contributed by atoms with Crippen LogP contribution in [-0.4, -0.2) is 28.8 Å². The fourth-order valence-electron chi connectivity index (χ4n) is 2.07.